The first-order valence-corrected chi connectivity index (χ1v) is 9.23. The molecule has 2 heterocycles. The van der Waals surface area contributed by atoms with Crippen molar-refractivity contribution in [3.8, 4) is 0 Å². The number of likely N-dealkylation sites (tertiary alicyclic amines) is 2. The molecule has 0 bridgehead atoms. The number of benzene rings is 1. The predicted octanol–water partition coefficient (Wildman–Crippen LogP) is 3.19. The lowest BCUT2D eigenvalue weighted by molar-refractivity contribution is 0.228. The highest BCUT2D eigenvalue weighted by atomic mass is 15.2. The van der Waals surface area contributed by atoms with Gasteiger partial charge in [0.15, 0.2) is 0 Å². The molecule has 0 spiro atoms. The van der Waals surface area contributed by atoms with Gasteiger partial charge in [0, 0.05) is 25.2 Å². The molecule has 1 aromatic rings. The molecule has 3 heteroatoms. The summed E-state index contributed by atoms with van der Waals surface area (Å²) in [5.41, 5.74) is 3.02. The van der Waals surface area contributed by atoms with Crippen molar-refractivity contribution in [2.24, 2.45) is 0 Å². The Hall–Kier alpha value is -0.900. The average molecular weight is 316 g/mol. The van der Waals surface area contributed by atoms with Gasteiger partial charge in [0.25, 0.3) is 0 Å². The maximum atomic E-state index is 2.63. The molecule has 128 valence electrons. The summed E-state index contributed by atoms with van der Waals surface area (Å²) in [6.07, 6.45) is 3.91. The SMILES string of the molecule is CC(c1ccc(C2CCN(C)CC2)cc1)N1CCC(N(C)C)C1. The minimum absolute atomic E-state index is 0.534. The summed E-state index contributed by atoms with van der Waals surface area (Å²) in [5, 5.41) is 0. The third-order valence-corrected chi connectivity index (χ3v) is 6.08. The Morgan fingerprint density at radius 3 is 2.22 bits per heavy atom. The van der Waals surface area contributed by atoms with Crippen LogP contribution in [-0.4, -0.2) is 68.1 Å². The van der Waals surface area contributed by atoms with Crippen molar-refractivity contribution in [3.05, 3.63) is 35.4 Å². The number of hydrogen-bond donors (Lipinski definition) is 0. The van der Waals surface area contributed by atoms with Gasteiger partial charge in [-0.3, -0.25) is 4.90 Å². The smallest absolute Gasteiger partial charge is 0.0320 e. The van der Waals surface area contributed by atoms with Crippen LogP contribution in [0.3, 0.4) is 0 Å². The minimum atomic E-state index is 0.534. The lowest BCUT2D eigenvalue weighted by Gasteiger charge is -2.30. The van der Waals surface area contributed by atoms with E-state index in [4.69, 9.17) is 0 Å². The lowest BCUT2D eigenvalue weighted by atomic mass is 9.88. The Morgan fingerprint density at radius 1 is 1.00 bits per heavy atom. The summed E-state index contributed by atoms with van der Waals surface area (Å²) >= 11 is 0. The van der Waals surface area contributed by atoms with E-state index in [1.54, 1.807) is 5.56 Å². The minimum Gasteiger partial charge on any atom is -0.306 e. The van der Waals surface area contributed by atoms with Gasteiger partial charge in [-0.2, -0.15) is 0 Å². The van der Waals surface area contributed by atoms with Crippen LogP contribution >= 0.6 is 0 Å². The molecule has 0 N–H and O–H groups in total. The fourth-order valence-corrected chi connectivity index (χ4v) is 4.14. The standard InChI is InChI=1S/C20H33N3/c1-16(23-14-11-20(15-23)21(2)3)17-5-7-18(8-6-17)19-9-12-22(4)13-10-19/h5-8,16,19-20H,9-15H2,1-4H3. The van der Waals surface area contributed by atoms with Crippen LogP contribution in [0.5, 0.6) is 0 Å². The molecule has 2 unspecified atom stereocenters. The second-order valence-corrected chi connectivity index (χ2v) is 7.82. The Labute approximate surface area is 142 Å². The van der Waals surface area contributed by atoms with Crippen LogP contribution in [0.1, 0.15) is 49.3 Å². The maximum Gasteiger partial charge on any atom is 0.0320 e. The number of nitrogens with zero attached hydrogens (tertiary/aromatic N) is 3. The first-order chi connectivity index (χ1) is 11.0. The molecule has 0 aromatic heterocycles. The third-order valence-electron chi connectivity index (χ3n) is 6.08. The van der Waals surface area contributed by atoms with E-state index < -0.39 is 0 Å². The van der Waals surface area contributed by atoms with Crippen LogP contribution in [0.2, 0.25) is 0 Å². The van der Waals surface area contributed by atoms with Crippen molar-refractivity contribution in [3.63, 3.8) is 0 Å². The van der Waals surface area contributed by atoms with E-state index in [0.29, 0.717) is 6.04 Å². The summed E-state index contributed by atoms with van der Waals surface area (Å²) in [7, 11) is 6.64. The summed E-state index contributed by atoms with van der Waals surface area (Å²) in [5.74, 6) is 0.764. The zero-order valence-electron chi connectivity index (χ0n) is 15.3. The Kier molecular flexibility index (Phi) is 5.40. The molecule has 2 fully saturated rings. The second kappa shape index (κ2) is 7.33. The highest BCUT2D eigenvalue weighted by molar-refractivity contribution is 5.28. The molecule has 1 aromatic carbocycles. The zero-order chi connectivity index (χ0) is 16.4. The van der Waals surface area contributed by atoms with E-state index in [1.165, 1.54) is 51.0 Å². The van der Waals surface area contributed by atoms with E-state index in [1.807, 2.05) is 0 Å². The molecule has 2 atom stereocenters. The normalized spacial score (nSPS) is 26.0. The van der Waals surface area contributed by atoms with Gasteiger partial charge in [-0.15, -0.1) is 0 Å². The van der Waals surface area contributed by atoms with Crippen molar-refractivity contribution in [2.75, 3.05) is 47.3 Å². The second-order valence-electron chi connectivity index (χ2n) is 7.82. The van der Waals surface area contributed by atoms with Crippen LogP contribution in [0.15, 0.2) is 24.3 Å². The highest BCUT2D eigenvalue weighted by Gasteiger charge is 2.28. The molecule has 3 rings (SSSR count). The van der Waals surface area contributed by atoms with E-state index in [9.17, 15) is 0 Å². The van der Waals surface area contributed by atoms with E-state index in [0.717, 1.165) is 12.0 Å². The van der Waals surface area contributed by atoms with Gasteiger partial charge in [0.05, 0.1) is 0 Å². The van der Waals surface area contributed by atoms with Crippen LogP contribution in [-0.2, 0) is 0 Å². The Balaban J connectivity index is 1.61. The van der Waals surface area contributed by atoms with Crippen LogP contribution in [0.4, 0.5) is 0 Å². The van der Waals surface area contributed by atoms with Crippen molar-refractivity contribution >= 4 is 0 Å². The molecule has 2 aliphatic rings. The van der Waals surface area contributed by atoms with Gasteiger partial charge in [0.2, 0.25) is 0 Å². The predicted molar refractivity (Wildman–Crippen MR) is 98.0 cm³/mol. The first kappa shape index (κ1) is 16.9. The van der Waals surface area contributed by atoms with Gasteiger partial charge in [-0.1, -0.05) is 24.3 Å². The van der Waals surface area contributed by atoms with Gasteiger partial charge >= 0.3 is 0 Å². The van der Waals surface area contributed by atoms with E-state index in [-0.39, 0.29) is 0 Å². The van der Waals surface area contributed by atoms with E-state index in [2.05, 4.69) is 67.0 Å². The Morgan fingerprint density at radius 2 is 1.65 bits per heavy atom. The highest BCUT2D eigenvalue weighted by Crippen LogP contribution is 2.30. The quantitative estimate of drug-likeness (QED) is 0.845. The molecule has 3 nitrogen and oxygen atoms in total. The van der Waals surface area contributed by atoms with Crippen molar-refractivity contribution in [1.82, 2.24) is 14.7 Å². The maximum absolute atomic E-state index is 2.63. The van der Waals surface area contributed by atoms with Crippen molar-refractivity contribution in [2.45, 2.75) is 44.2 Å². The number of hydrogen-bond acceptors (Lipinski definition) is 3. The molecule has 0 aliphatic carbocycles. The third kappa shape index (κ3) is 3.96. The number of rotatable bonds is 4. The summed E-state index contributed by atoms with van der Waals surface area (Å²) in [6.45, 7) is 7.26. The fourth-order valence-electron chi connectivity index (χ4n) is 4.14. The Bertz CT molecular complexity index is 488. The zero-order valence-corrected chi connectivity index (χ0v) is 15.3. The summed E-state index contributed by atoms with van der Waals surface area (Å²) in [6, 6.07) is 10.8. The number of likely N-dealkylation sites (N-methyl/N-ethyl adjacent to an activating group) is 1. The van der Waals surface area contributed by atoms with Crippen LogP contribution in [0.25, 0.3) is 0 Å². The van der Waals surface area contributed by atoms with E-state index >= 15 is 0 Å². The average Bonchev–Trinajstić information content (AvgIpc) is 3.05. The molecule has 0 saturated carbocycles. The topological polar surface area (TPSA) is 9.72 Å². The number of piperidine rings is 1. The molecule has 0 radical (unpaired) electrons. The summed E-state index contributed by atoms with van der Waals surface area (Å²) in [4.78, 5) is 7.45. The first-order valence-electron chi connectivity index (χ1n) is 9.23. The van der Waals surface area contributed by atoms with Gasteiger partial charge < -0.3 is 9.80 Å². The molecule has 2 aliphatic heterocycles. The monoisotopic (exact) mass is 315 g/mol. The van der Waals surface area contributed by atoms with Crippen LogP contribution in [0, 0.1) is 0 Å². The van der Waals surface area contributed by atoms with Crippen molar-refractivity contribution in [1.29, 1.82) is 0 Å². The fraction of sp³-hybridized carbons (Fsp3) is 0.700. The van der Waals surface area contributed by atoms with Gasteiger partial charge in [0.1, 0.15) is 0 Å². The van der Waals surface area contributed by atoms with Crippen LogP contribution < -0.4 is 0 Å². The lowest BCUT2D eigenvalue weighted by Crippen LogP contribution is -2.32. The van der Waals surface area contributed by atoms with Gasteiger partial charge in [-0.25, -0.2) is 0 Å². The molecule has 0 amide bonds. The van der Waals surface area contributed by atoms with Gasteiger partial charge in [-0.05, 0) is 77.5 Å². The molecule has 2 saturated heterocycles. The van der Waals surface area contributed by atoms with Crippen molar-refractivity contribution < 1.29 is 0 Å². The molecular formula is C20H33N3. The summed E-state index contributed by atoms with van der Waals surface area (Å²) < 4.78 is 0. The molecule has 23 heavy (non-hydrogen) atoms. The largest absolute Gasteiger partial charge is 0.306 e. The molecular weight excluding hydrogens is 282 g/mol.